The molecule has 2 fully saturated rings. The van der Waals surface area contributed by atoms with Gasteiger partial charge in [0.15, 0.2) is 0 Å². The average Bonchev–Trinajstić information content (AvgIpc) is 2.88. The normalized spacial score (nSPS) is 31.4. The van der Waals surface area contributed by atoms with Crippen LogP contribution in [0.3, 0.4) is 0 Å². The van der Waals surface area contributed by atoms with Gasteiger partial charge in [-0.05, 0) is 55.3 Å². The van der Waals surface area contributed by atoms with Crippen LogP contribution in [0.4, 0.5) is 0 Å². The Bertz CT molecular complexity index is 432. The second-order valence-electron chi connectivity index (χ2n) is 5.30. The number of amides is 1. The van der Waals surface area contributed by atoms with Gasteiger partial charge in [0.2, 0.25) is 5.91 Å². The molecule has 2 aliphatic rings. The molecule has 3 N–H and O–H groups in total. The van der Waals surface area contributed by atoms with E-state index in [0.717, 1.165) is 30.5 Å². The maximum Gasteiger partial charge on any atom is 0.248 e. The van der Waals surface area contributed by atoms with Crippen molar-refractivity contribution in [1.82, 2.24) is 5.32 Å². The van der Waals surface area contributed by atoms with Gasteiger partial charge in [-0.15, -0.1) is 0 Å². The summed E-state index contributed by atoms with van der Waals surface area (Å²) in [7, 11) is 0. The Morgan fingerprint density at radius 3 is 2.47 bits per heavy atom. The molecule has 2 atom stereocenters. The van der Waals surface area contributed by atoms with Gasteiger partial charge in [-0.25, -0.2) is 0 Å². The molecule has 1 aliphatic heterocycles. The first kappa shape index (κ1) is 10.8. The van der Waals surface area contributed by atoms with Crippen LogP contribution in [0, 0.1) is 11.8 Å². The number of benzene rings is 1. The highest BCUT2D eigenvalue weighted by atomic mass is 16.1. The van der Waals surface area contributed by atoms with E-state index in [1.807, 2.05) is 18.2 Å². The first-order valence-electron chi connectivity index (χ1n) is 6.35. The number of nitrogens with two attached hydrogens (primary N) is 1. The fraction of sp³-hybridized carbons (Fsp3) is 0.500. The van der Waals surface area contributed by atoms with E-state index in [4.69, 9.17) is 5.73 Å². The number of carbonyl (C=O) groups is 1. The minimum atomic E-state index is -0.296. The van der Waals surface area contributed by atoms with Gasteiger partial charge >= 0.3 is 0 Å². The molecule has 3 heteroatoms. The lowest BCUT2D eigenvalue weighted by Crippen LogP contribution is -2.16. The fourth-order valence-corrected chi connectivity index (χ4v) is 3.50. The lowest BCUT2D eigenvalue weighted by molar-refractivity contribution is 0.0999. The summed E-state index contributed by atoms with van der Waals surface area (Å²) in [5, 5.41) is 3.44. The molecule has 0 aromatic heterocycles. The second kappa shape index (κ2) is 4.15. The van der Waals surface area contributed by atoms with Gasteiger partial charge in [0.05, 0.1) is 0 Å². The Labute approximate surface area is 101 Å². The Balaban J connectivity index is 1.88. The van der Waals surface area contributed by atoms with Gasteiger partial charge < -0.3 is 11.1 Å². The van der Waals surface area contributed by atoms with Gasteiger partial charge in [0.25, 0.3) is 0 Å². The minimum Gasteiger partial charge on any atom is -0.366 e. The summed E-state index contributed by atoms with van der Waals surface area (Å²) in [4.78, 5) is 11.4. The maximum atomic E-state index is 11.4. The molecular weight excluding hydrogens is 212 g/mol. The van der Waals surface area contributed by atoms with Crippen LogP contribution in [0.15, 0.2) is 24.3 Å². The molecule has 1 saturated heterocycles. The molecule has 2 unspecified atom stereocenters. The quantitative estimate of drug-likeness (QED) is 0.809. The number of hydrogen-bond acceptors (Lipinski definition) is 2. The lowest BCUT2D eigenvalue weighted by Gasteiger charge is -2.14. The SMILES string of the molecule is NC(=O)c1ccccc1C1CC2CNCC2C1. The number of carbonyl (C=O) groups excluding carboxylic acids is 1. The zero-order chi connectivity index (χ0) is 11.8. The predicted molar refractivity (Wildman–Crippen MR) is 66.8 cm³/mol. The van der Waals surface area contributed by atoms with E-state index < -0.39 is 0 Å². The monoisotopic (exact) mass is 230 g/mol. The van der Waals surface area contributed by atoms with Crippen molar-refractivity contribution < 1.29 is 4.79 Å². The van der Waals surface area contributed by atoms with E-state index in [0.29, 0.717) is 11.5 Å². The van der Waals surface area contributed by atoms with Gasteiger partial charge in [0, 0.05) is 5.56 Å². The van der Waals surface area contributed by atoms with Gasteiger partial charge in [-0.3, -0.25) is 4.79 Å². The zero-order valence-corrected chi connectivity index (χ0v) is 9.86. The van der Waals surface area contributed by atoms with Crippen molar-refractivity contribution in [3.05, 3.63) is 35.4 Å². The molecule has 1 amide bonds. The van der Waals surface area contributed by atoms with Crippen LogP contribution < -0.4 is 11.1 Å². The standard InChI is InChI=1S/C14H18N2O/c15-14(17)13-4-2-1-3-12(13)9-5-10-7-16-8-11(10)6-9/h1-4,9-11,16H,5-8H2,(H2,15,17). The molecule has 1 aliphatic carbocycles. The van der Waals surface area contributed by atoms with Crippen LogP contribution in [-0.4, -0.2) is 19.0 Å². The first-order valence-corrected chi connectivity index (χ1v) is 6.35. The molecule has 1 aromatic carbocycles. The lowest BCUT2D eigenvalue weighted by atomic mass is 9.91. The summed E-state index contributed by atoms with van der Waals surface area (Å²) < 4.78 is 0. The van der Waals surface area contributed by atoms with Gasteiger partial charge in [0.1, 0.15) is 0 Å². The van der Waals surface area contributed by atoms with E-state index in [2.05, 4.69) is 11.4 Å². The molecule has 90 valence electrons. The number of hydrogen-bond donors (Lipinski definition) is 2. The highest BCUT2D eigenvalue weighted by Gasteiger charge is 2.38. The predicted octanol–water partition coefficient (Wildman–Crippen LogP) is 1.50. The molecule has 0 bridgehead atoms. The topological polar surface area (TPSA) is 55.1 Å². The largest absolute Gasteiger partial charge is 0.366 e. The summed E-state index contributed by atoms with van der Waals surface area (Å²) >= 11 is 0. The van der Waals surface area contributed by atoms with Crippen molar-refractivity contribution in [2.24, 2.45) is 17.6 Å². The molecule has 0 radical (unpaired) electrons. The summed E-state index contributed by atoms with van der Waals surface area (Å²) in [5.41, 5.74) is 7.32. The molecule has 17 heavy (non-hydrogen) atoms. The van der Waals surface area contributed by atoms with Crippen molar-refractivity contribution in [2.45, 2.75) is 18.8 Å². The molecule has 1 saturated carbocycles. The Morgan fingerprint density at radius 1 is 1.18 bits per heavy atom. The van der Waals surface area contributed by atoms with E-state index in [1.165, 1.54) is 12.8 Å². The van der Waals surface area contributed by atoms with Crippen molar-refractivity contribution in [1.29, 1.82) is 0 Å². The van der Waals surface area contributed by atoms with Crippen LogP contribution in [0.5, 0.6) is 0 Å². The number of nitrogens with one attached hydrogen (secondary N) is 1. The van der Waals surface area contributed by atoms with Crippen LogP contribution in [0.1, 0.15) is 34.7 Å². The van der Waals surface area contributed by atoms with Crippen LogP contribution in [0.2, 0.25) is 0 Å². The van der Waals surface area contributed by atoms with Crippen LogP contribution >= 0.6 is 0 Å². The van der Waals surface area contributed by atoms with Crippen molar-refractivity contribution in [2.75, 3.05) is 13.1 Å². The maximum absolute atomic E-state index is 11.4. The summed E-state index contributed by atoms with van der Waals surface area (Å²) in [6.07, 6.45) is 2.39. The molecular formula is C14H18N2O. The third-order valence-corrected chi connectivity index (χ3v) is 4.32. The van der Waals surface area contributed by atoms with E-state index in [1.54, 1.807) is 0 Å². The van der Waals surface area contributed by atoms with Gasteiger partial charge in [-0.2, -0.15) is 0 Å². The fourth-order valence-electron chi connectivity index (χ4n) is 3.50. The summed E-state index contributed by atoms with van der Waals surface area (Å²) in [6, 6.07) is 7.82. The average molecular weight is 230 g/mol. The first-order chi connectivity index (χ1) is 8.25. The van der Waals surface area contributed by atoms with Gasteiger partial charge in [-0.1, -0.05) is 18.2 Å². The van der Waals surface area contributed by atoms with E-state index >= 15 is 0 Å². The summed E-state index contributed by atoms with van der Waals surface area (Å²) in [5.74, 6) is 1.81. The van der Waals surface area contributed by atoms with E-state index in [-0.39, 0.29) is 5.91 Å². The Hall–Kier alpha value is -1.35. The third-order valence-electron chi connectivity index (χ3n) is 4.32. The minimum absolute atomic E-state index is 0.296. The highest BCUT2D eigenvalue weighted by Crippen LogP contribution is 2.44. The van der Waals surface area contributed by atoms with Crippen molar-refractivity contribution in [3.63, 3.8) is 0 Å². The molecule has 1 aromatic rings. The highest BCUT2D eigenvalue weighted by molar-refractivity contribution is 5.94. The third kappa shape index (κ3) is 1.84. The molecule has 3 nitrogen and oxygen atoms in total. The Kier molecular flexibility index (Phi) is 2.63. The number of fused-ring (bicyclic) bond motifs is 1. The second-order valence-corrected chi connectivity index (χ2v) is 5.30. The molecule has 3 rings (SSSR count). The van der Waals surface area contributed by atoms with Crippen molar-refractivity contribution in [3.8, 4) is 0 Å². The van der Waals surface area contributed by atoms with E-state index in [9.17, 15) is 4.79 Å². The number of rotatable bonds is 2. The molecule has 1 heterocycles. The molecule has 0 spiro atoms. The Morgan fingerprint density at radius 2 is 1.82 bits per heavy atom. The number of primary amides is 1. The van der Waals surface area contributed by atoms with Crippen LogP contribution in [0.25, 0.3) is 0 Å². The smallest absolute Gasteiger partial charge is 0.248 e. The van der Waals surface area contributed by atoms with Crippen molar-refractivity contribution >= 4 is 5.91 Å². The zero-order valence-electron chi connectivity index (χ0n) is 9.86. The summed E-state index contributed by atoms with van der Waals surface area (Å²) in [6.45, 7) is 2.28. The van der Waals surface area contributed by atoms with Crippen LogP contribution in [-0.2, 0) is 0 Å².